The smallest absolute Gasteiger partial charge is 0.105 e. The number of rotatable bonds is 10. The quantitative estimate of drug-likeness (QED) is 0.667. The molecule has 1 unspecified atom stereocenters. The van der Waals surface area contributed by atoms with Crippen molar-refractivity contribution in [1.82, 2.24) is 15.1 Å². The van der Waals surface area contributed by atoms with Crippen LogP contribution in [0.5, 0.6) is 0 Å². The maximum atomic E-state index is 9.41. The monoisotopic (exact) mass is 282 g/mol. The molecule has 0 aromatic heterocycles. The molecule has 0 saturated carbocycles. The van der Waals surface area contributed by atoms with E-state index in [0.29, 0.717) is 12.0 Å². The lowest BCUT2D eigenvalue weighted by Gasteiger charge is -2.31. The summed E-state index contributed by atoms with van der Waals surface area (Å²) in [6.45, 7) is 14.9. The highest BCUT2D eigenvalue weighted by Gasteiger charge is 2.25. The van der Waals surface area contributed by atoms with E-state index < -0.39 is 5.54 Å². The van der Waals surface area contributed by atoms with Gasteiger partial charge in [-0.1, -0.05) is 13.8 Å². The molecule has 0 aliphatic rings. The van der Waals surface area contributed by atoms with E-state index in [2.05, 4.69) is 63.0 Å². The first kappa shape index (κ1) is 19.4. The fourth-order valence-electron chi connectivity index (χ4n) is 2.33. The summed E-state index contributed by atoms with van der Waals surface area (Å²) in [6.07, 6.45) is 0.863. The molecule has 4 nitrogen and oxygen atoms in total. The van der Waals surface area contributed by atoms with Crippen LogP contribution in [0.1, 0.15) is 41.0 Å². The predicted molar refractivity (Wildman–Crippen MR) is 86.7 cm³/mol. The summed E-state index contributed by atoms with van der Waals surface area (Å²) >= 11 is 0. The van der Waals surface area contributed by atoms with Gasteiger partial charge in [0.05, 0.1) is 6.07 Å². The molecule has 0 aliphatic carbocycles. The summed E-state index contributed by atoms with van der Waals surface area (Å²) in [4.78, 5) is 4.69. The Morgan fingerprint density at radius 1 is 1.10 bits per heavy atom. The average Bonchev–Trinajstić information content (AvgIpc) is 2.31. The summed E-state index contributed by atoms with van der Waals surface area (Å²) < 4.78 is 0. The molecule has 0 aromatic rings. The lowest BCUT2D eigenvalue weighted by molar-refractivity contribution is 0.200. The van der Waals surface area contributed by atoms with Crippen LogP contribution < -0.4 is 5.32 Å². The Morgan fingerprint density at radius 3 is 2.10 bits per heavy atom. The maximum absolute atomic E-state index is 9.41. The van der Waals surface area contributed by atoms with Crippen molar-refractivity contribution in [3.05, 3.63) is 0 Å². The second kappa shape index (κ2) is 9.33. The van der Waals surface area contributed by atoms with Gasteiger partial charge in [0.2, 0.25) is 0 Å². The van der Waals surface area contributed by atoms with Crippen LogP contribution in [0.25, 0.3) is 0 Å². The van der Waals surface area contributed by atoms with Gasteiger partial charge in [0.25, 0.3) is 0 Å². The van der Waals surface area contributed by atoms with Crippen molar-refractivity contribution in [3.8, 4) is 6.07 Å². The second-order valence-electron chi connectivity index (χ2n) is 6.99. The Morgan fingerprint density at radius 2 is 1.70 bits per heavy atom. The highest BCUT2D eigenvalue weighted by Crippen LogP contribution is 2.12. The summed E-state index contributed by atoms with van der Waals surface area (Å²) in [6, 6.07) is 2.77. The van der Waals surface area contributed by atoms with E-state index in [1.807, 2.05) is 6.92 Å². The summed E-state index contributed by atoms with van der Waals surface area (Å²) in [5.41, 5.74) is -0.429. The molecular formula is C16H34N4. The van der Waals surface area contributed by atoms with Gasteiger partial charge in [-0.3, -0.25) is 5.32 Å². The Balaban J connectivity index is 4.45. The standard InChI is InChI=1S/C16H34N4/c1-14(2)12-20(11-10-19(6)7)9-8-16(5,13-17)18-15(3)4/h14-15,18H,8-12H2,1-7H3. The third kappa shape index (κ3) is 9.30. The van der Waals surface area contributed by atoms with E-state index in [-0.39, 0.29) is 0 Å². The highest BCUT2D eigenvalue weighted by molar-refractivity contribution is 5.04. The van der Waals surface area contributed by atoms with E-state index in [4.69, 9.17) is 0 Å². The van der Waals surface area contributed by atoms with Gasteiger partial charge in [0, 0.05) is 32.2 Å². The molecule has 0 radical (unpaired) electrons. The van der Waals surface area contributed by atoms with E-state index >= 15 is 0 Å². The summed E-state index contributed by atoms with van der Waals surface area (Å²) in [5.74, 6) is 0.656. The zero-order chi connectivity index (χ0) is 15.8. The van der Waals surface area contributed by atoms with E-state index in [9.17, 15) is 5.26 Å². The first-order valence-corrected chi connectivity index (χ1v) is 7.74. The molecular weight excluding hydrogens is 248 g/mol. The highest BCUT2D eigenvalue weighted by atomic mass is 15.2. The first-order valence-electron chi connectivity index (χ1n) is 7.74. The Kier molecular flexibility index (Phi) is 9.04. The van der Waals surface area contributed by atoms with Gasteiger partial charge >= 0.3 is 0 Å². The van der Waals surface area contributed by atoms with Gasteiger partial charge in [0.15, 0.2) is 0 Å². The Bertz CT molecular complexity index is 293. The van der Waals surface area contributed by atoms with Crippen LogP contribution in [0, 0.1) is 17.2 Å². The van der Waals surface area contributed by atoms with Gasteiger partial charge in [-0.2, -0.15) is 5.26 Å². The normalized spacial score (nSPS) is 15.1. The number of hydrogen-bond acceptors (Lipinski definition) is 4. The lowest BCUT2D eigenvalue weighted by atomic mass is 9.98. The lowest BCUT2D eigenvalue weighted by Crippen LogP contribution is -2.48. The number of nitrogens with one attached hydrogen (secondary N) is 1. The minimum atomic E-state index is -0.429. The molecule has 0 heterocycles. The van der Waals surface area contributed by atoms with Gasteiger partial charge in [-0.15, -0.1) is 0 Å². The summed E-state index contributed by atoms with van der Waals surface area (Å²) in [7, 11) is 4.21. The third-order valence-corrected chi connectivity index (χ3v) is 3.27. The number of hydrogen-bond donors (Lipinski definition) is 1. The van der Waals surface area contributed by atoms with E-state index in [1.54, 1.807) is 0 Å². The zero-order valence-corrected chi connectivity index (χ0v) is 14.5. The van der Waals surface area contributed by atoms with Crippen LogP contribution >= 0.6 is 0 Å². The molecule has 0 saturated heterocycles. The Labute approximate surface area is 126 Å². The van der Waals surface area contributed by atoms with Crippen LogP contribution in [0.2, 0.25) is 0 Å². The van der Waals surface area contributed by atoms with Crippen LogP contribution in [-0.4, -0.2) is 61.7 Å². The van der Waals surface area contributed by atoms with Crippen molar-refractivity contribution in [1.29, 1.82) is 5.26 Å². The van der Waals surface area contributed by atoms with Crippen molar-refractivity contribution in [2.75, 3.05) is 40.3 Å². The van der Waals surface area contributed by atoms with Crippen molar-refractivity contribution in [2.24, 2.45) is 5.92 Å². The molecule has 4 heteroatoms. The Hall–Kier alpha value is -0.630. The molecule has 118 valence electrons. The number of nitrogens with zero attached hydrogens (tertiary/aromatic N) is 3. The van der Waals surface area contributed by atoms with Crippen molar-refractivity contribution < 1.29 is 0 Å². The van der Waals surface area contributed by atoms with E-state index in [1.165, 1.54) is 0 Å². The second-order valence-corrected chi connectivity index (χ2v) is 6.99. The molecule has 0 aliphatic heterocycles. The number of nitriles is 1. The average molecular weight is 282 g/mol. The molecule has 0 spiro atoms. The molecule has 20 heavy (non-hydrogen) atoms. The molecule has 0 fully saturated rings. The van der Waals surface area contributed by atoms with Crippen LogP contribution in [-0.2, 0) is 0 Å². The first-order chi connectivity index (χ1) is 9.18. The van der Waals surface area contributed by atoms with Crippen molar-refractivity contribution >= 4 is 0 Å². The van der Waals surface area contributed by atoms with Gasteiger partial charge in [-0.05, 0) is 47.2 Å². The largest absolute Gasteiger partial charge is 0.308 e. The molecule has 0 bridgehead atoms. The topological polar surface area (TPSA) is 42.3 Å². The van der Waals surface area contributed by atoms with Gasteiger partial charge in [0.1, 0.15) is 5.54 Å². The van der Waals surface area contributed by atoms with Crippen molar-refractivity contribution in [2.45, 2.75) is 52.6 Å². The van der Waals surface area contributed by atoms with Crippen LogP contribution in [0.15, 0.2) is 0 Å². The summed E-state index contributed by atoms with van der Waals surface area (Å²) in [5, 5.41) is 12.8. The van der Waals surface area contributed by atoms with E-state index in [0.717, 1.165) is 32.6 Å². The van der Waals surface area contributed by atoms with Gasteiger partial charge in [-0.25, -0.2) is 0 Å². The fraction of sp³-hybridized carbons (Fsp3) is 0.938. The molecule has 0 rings (SSSR count). The van der Waals surface area contributed by atoms with Gasteiger partial charge < -0.3 is 9.80 Å². The zero-order valence-electron chi connectivity index (χ0n) is 14.5. The molecule has 0 amide bonds. The minimum Gasteiger partial charge on any atom is -0.308 e. The minimum absolute atomic E-state index is 0.333. The van der Waals surface area contributed by atoms with Crippen LogP contribution in [0.3, 0.4) is 0 Å². The number of likely N-dealkylation sites (N-methyl/N-ethyl adjacent to an activating group) is 1. The predicted octanol–water partition coefficient (Wildman–Crippen LogP) is 2.18. The fourth-order valence-corrected chi connectivity index (χ4v) is 2.33. The maximum Gasteiger partial charge on any atom is 0.105 e. The molecule has 0 aromatic carbocycles. The van der Waals surface area contributed by atoms with Crippen molar-refractivity contribution in [3.63, 3.8) is 0 Å². The third-order valence-electron chi connectivity index (χ3n) is 3.27. The SMILES string of the molecule is CC(C)CN(CCN(C)C)CCC(C)(C#N)NC(C)C. The molecule has 1 atom stereocenters. The molecule has 1 N–H and O–H groups in total. The van der Waals surface area contributed by atoms with Crippen LogP contribution in [0.4, 0.5) is 0 Å².